The lowest BCUT2D eigenvalue weighted by atomic mass is 10.1. The van der Waals surface area contributed by atoms with Crippen LogP contribution in [0.5, 0.6) is 5.88 Å². The number of pyridine rings is 1. The summed E-state index contributed by atoms with van der Waals surface area (Å²) in [6.45, 7) is 2.75. The van der Waals surface area contributed by atoms with Gasteiger partial charge in [0.05, 0.1) is 7.11 Å². The number of ether oxygens (including phenoxy) is 1. The largest absolute Gasteiger partial charge is 0.479 e. The van der Waals surface area contributed by atoms with Crippen LogP contribution >= 0.6 is 0 Å². The molecule has 0 atom stereocenters. The van der Waals surface area contributed by atoms with E-state index in [4.69, 9.17) is 4.74 Å². The van der Waals surface area contributed by atoms with Gasteiger partial charge >= 0.3 is 0 Å². The molecule has 1 saturated heterocycles. The second-order valence-electron chi connectivity index (χ2n) is 7.22. The van der Waals surface area contributed by atoms with E-state index in [2.05, 4.69) is 20.3 Å². The molecule has 3 heterocycles. The minimum absolute atomic E-state index is 0.0209. The van der Waals surface area contributed by atoms with Crippen LogP contribution in [0, 0.1) is 0 Å². The number of nitrogens with one attached hydrogen (secondary N) is 1. The first-order chi connectivity index (χ1) is 15.0. The van der Waals surface area contributed by atoms with Gasteiger partial charge in [-0.15, -0.1) is 5.10 Å². The minimum Gasteiger partial charge on any atom is -0.479 e. The van der Waals surface area contributed by atoms with Crippen molar-refractivity contribution in [2.75, 3.05) is 43.5 Å². The zero-order chi connectivity index (χ0) is 21.8. The third-order valence-electron chi connectivity index (χ3n) is 5.16. The summed E-state index contributed by atoms with van der Waals surface area (Å²) in [5.41, 5.74) is 1.52. The number of hydrogen-bond acceptors (Lipinski definition) is 6. The van der Waals surface area contributed by atoms with Crippen LogP contribution in [0.4, 0.5) is 11.5 Å². The lowest BCUT2D eigenvalue weighted by Crippen LogP contribution is -2.49. The van der Waals surface area contributed by atoms with E-state index in [0.29, 0.717) is 29.9 Å². The summed E-state index contributed by atoms with van der Waals surface area (Å²) in [5.74, 6) is 0.846. The van der Waals surface area contributed by atoms with Gasteiger partial charge in [-0.2, -0.15) is 0 Å². The van der Waals surface area contributed by atoms with Crippen molar-refractivity contribution in [1.82, 2.24) is 19.7 Å². The topological polar surface area (TPSA) is 92.6 Å². The fourth-order valence-corrected chi connectivity index (χ4v) is 3.53. The maximum atomic E-state index is 12.9. The van der Waals surface area contributed by atoms with Crippen molar-refractivity contribution in [2.24, 2.45) is 7.05 Å². The number of methoxy groups -OCH3 is 1. The Labute approximate surface area is 180 Å². The van der Waals surface area contributed by atoms with Crippen molar-refractivity contribution >= 4 is 23.3 Å². The smallest absolute Gasteiger partial charge is 0.262 e. The van der Waals surface area contributed by atoms with Gasteiger partial charge in [0.1, 0.15) is 11.4 Å². The van der Waals surface area contributed by atoms with Gasteiger partial charge < -0.3 is 19.9 Å². The van der Waals surface area contributed by atoms with Gasteiger partial charge in [-0.3, -0.25) is 14.3 Å². The molecular weight excluding hydrogens is 396 g/mol. The predicted octanol–water partition coefficient (Wildman–Crippen LogP) is 2.04. The quantitative estimate of drug-likeness (QED) is 0.679. The molecule has 160 valence electrons. The summed E-state index contributed by atoms with van der Waals surface area (Å²) in [6, 6.07) is 12.7. The number of anilines is 2. The van der Waals surface area contributed by atoms with Crippen LogP contribution in [0.25, 0.3) is 0 Å². The number of piperazine rings is 1. The minimum atomic E-state index is -0.324. The van der Waals surface area contributed by atoms with Crippen molar-refractivity contribution in [3.8, 4) is 5.88 Å². The second kappa shape index (κ2) is 8.86. The number of nitrogens with zero attached hydrogens (tertiary/aromatic N) is 5. The van der Waals surface area contributed by atoms with E-state index in [1.807, 2.05) is 23.1 Å². The van der Waals surface area contributed by atoms with Crippen LogP contribution in [0.1, 0.15) is 20.7 Å². The van der Waals surface area contributed by atoms with E-state index < -0.39 is 0 Å². The average Bonchev–Trinajstić information content (AvgIpc) is 3.21. The lowest BCUT2D eigenvalue weighted by molar-refractivity contribution is 0.0746. The number of benzene rings is 1. The molecule has 4 rings (SSSR count). The van der Waals surface area contributed by atoms with Gasteiger partial charge in [0.25, 0.3) is 11.8 Å². The van der Waals surface area contributed by atoms with Gasteiger partial charge in [0.2, 0.25) is 5.88 Å². The average molecular weight is 420 g/mol. The lowest BCUT2D eigenvalue weighted by Gasteiger charge is -2.35. The van der Waals surface area contributed by atoms with Crippen LogP contribution in [0.15, 0.2) is 54.9 Å². The highest BCUT2D eigenvalue weighted by Crippen LogP contribution is 2.19. The summed E-state index contributed by atoms with van der Waals surface area (Å²) >= 11 is 0. The van der Waals surface area contributed by atoms with E-state index in [1.54, 1.807) is 43.7 Å². The van der Waals surface area contributed by atoms with Crippen molar-refractivity contribution in [2.45, 2.75) is 0 Å². The SMILES string of the molecule is COc1nn(C)cc1C(=O)Nc1ccc(C(=O)N2CCN(c3ccccn3)CC2)cc1. The third-order valence-corrected chi connectivity index (χ3v) is 5.16. The number of rotatable bonds is 5. The predicted molar refractivity (Wildman–Crippen MR) is 117 cm³/mol. The molecule has 1 fully saturated rings. The molecular formula is C22H24N6O3. The van der Waals surface area contributed by atoms with Crippen LogP contribution in [-0.2, 0) is 7.05 Å². The highest BCUT2D eigenvalue weighted by molar-refractivity contribution is 6.06. The van der Waals surface area contributed by atoms with Gasteiger partial charge in [0, 0.05) is 56.9 Å². The van der Waals surface area contributed by atoms with Crippen molar-refractivity contribution in [3.63, 3.8) is 0 Å². The van der Waals surface area contributed by atoms with E-state index in [1.165, 1.54) is 11.8 Å². The summed E-state index contributed by atoms with van der Waals surface area (Å²) in [5, 5.41) is 6.89. The van der Waals surface area contributed by atoms with Crippen LogP contribution < -0.4 is 15.0 Å². The van der Waals surface area contributed by atoms with E-state index in [0.717, 1.165) is 18.9 Å². The molecule has 0 unspecified atom stereocenters. The molecule has 9 nitrogen and oxygen atoms in total. The Morgan fingerprint density at radius 1 is 1.03 bits per heavy atom. The molecule has 9 heteroatoms. The van der Waals surface area contributed by atoms with Crippen molar-refractivity contribution < 1.29 is 14.3 Å². The Bertz CT molecular complexity index is 1060. The molecule has 2 aromatic heterocycles. The number of aryl methyl sites for hydroxylation is 1. The highest BCUT2D eigenvalue weighted by Gasteiger charge is 2.23. The van der Waals surface area contributed by atoms with E-state index >= 15 is 0 Å². The van der Waals surface area contributed by atoms with E-state index in [9.17, 15) is 9.59 Å². The molecule has 3 aromatic rings. The molecule has 1 aromatic carbocycles. The van der Waals surface area contributed by atoms with Crippen LogP contribution in [-0.4, -0.2) is 64.8 Å². The molecule has 0 spiro atoms. The molecule has 31 heavy (non-hydrogen) atoms. The fraction of sp³-hybridized carbons (Fsp3) is 0.273. The number of aromatic nitrogens is 3. The summed E-state index contributed by atoms with van der Waals surface area (Å²) < 4.78 is 6.65. The van der Waals surface area contributed by atoms with Crippen LogP contribution in [0.3, 0.4) is 0 Å². The Hall–Kier alpha value is -3.88. The Balaban J connectivity index is 1.36. The molecule has 0 radical (unpaired) electrons. The van der Waals surface area contributed by atoms with Gasteiger partial charge in [-0.25, -0.2) is 4.98 Å². The summed E-state index contributed by atoms with van der Waals surface area (Å²) in [7, 11) is 3.19. The molecule has 1 aliphatic rings. The Morgan fingerprint density at radius 3 is 2.42 bits per heavy atom. The van der Waals surface area contributed by atoms with Gasteiger partial charge in [0.15, 0.2) is 0 Å². The summed E-state index contributed by atoms with van der Waals surface area (Å²) in [6.07, 6.45) is 3.37. The third kappa shape index (κ3) is 4.50. The molecule has 0 aliphatic carbocycles. The summed E-state index contributed by atoms with van der Waals surface area (Å²) in [4.78, 5) is 33.7. The first kappa shape index (κ1) is 20.4. The Kier molecular flexibility index (Phi) is 5.83. The van der Waals surface area contributed by atoms with Crippen molar-refractivity contribution in [3.05, 3.63) is 66.0 Å². The fourth-order valence-electron chi connectivity index (χ4n) is 3.53. The Morgan fingerprint density at radius 2 is 1.77 bits per heavy atom. The van der Waals surface area contributed by atoms with Gasteiger partial charge in [-0.05, 0) is 36.4 Å². The highest BCUT2D eigenvalue weighted by atomic mass is 16.5. The molecule has 2 amide bonds. The van der Waals surface area contributed by atoms with Gasteiger partial charge in [-0.1, -0.05) is 6.07 Å². The first-order valence-corrected chi connectivity index (χ1v) is 9.99. The maximum absolute atomic E-state index is 12.9. The monoisotopic (exact) mass is 420 g/mol. The number of carbonyl (C=O) groups is 2. The van der Waals surface area contributed by atoms with Crippen LogP contribution in [0.2, 0.25) is 0 Å². The standard InChI is InChI=1S/C22H24N6O3/c1-26-15-18(21(25-26)31-2)20(29)24-17-8-6-16(7-9-17)22(30)28-13-11-27(12-14-28)19-5-3-4-10-23-19/h3-10,15H,11-14H2,1-2H3,(H,24,29). The van der Waals surface area contributed by atoms with Crippen molar-refractivity contribution in [1.29, 1.82) is 0 Å². The second-order valence-corrected chi connectivity index (χ2v) is 7.22. The number of hydrogen-bond donors (Lipinski definition) is 1. The normalized spacial score (nSPS) is 13.7. The number of carbonyl (C=O) groups excluding carboxylic acids is 2. The zero-order valence-corrected chi connectivity index (χ0v) is 17.5. The maximum Gasteiger partial charge on any atom is 0.262 e. The molecule has 0 bridgehead atoms. The number of amides is 2. The molecule has 0 saturated carbocycles. The zero-order valence-electron chi connectivity index (χ0n) is 17.5. The van der Waals surface area contributed by atoms with E-state index in [-0.39, 0.29) is 17.7 Å². The molecule has 1 N–H and O–H groups in total. The molecule has 1 aliphatic heterocycles. The first-order valence-electron chi connectivity index (χ1n) is 9.99.